The number of ether oxygens (including phenoxy) is 1. The molecule has 2 aromatic rings. The third-order valence-electron chi connectivity index (χ3n) is 2.77. The SMILES string of the molecule is CCOc1cccnc1NC(C)c1cccc(F)c1. The van der Waals surface area contributed by atoms with E-state index in [1.54, 1.807) is 12.3 Å². The molecule has 0 saturated heterocycles. The molecular weight excluding hydrogens is 243 g/mol. The summed E-state index contributed by atoms with van der Waals surface area (Å²) in [7, 11) is 0. The highest BCUT2D eigenvalue weighted by Gasteiger charge is 2.10. The van der Waals surface area contributed by atoms with Crippen molar-refractivity contribution in [1.29, 1.82) is 0 Å². The van der Waals surface area contributed by atoms with Crippen molar-refractivity contribution in [1.82, 2.24) is 4.98 Å². The lowest BCUT2D eigenvalue weighted by atomic mass is 10.1. The number of nitrogens with zero attached hydrogens (tertiary/aromatic N) is 1. The zero-order chi connectivity index (χ0) is 13.7. The molecule has 0 radical (unpaired) electrons. The van der Waals surface area contributed by atoms with E-state index in [0.717, 1.165) is 5.56 Å². The van der Waals surface area contributed by atoms with E-state index in [0.29, 0.717) is 18.2 Å². The minimum Gasteiger partial charge on any atom is -0.490 e. The van der Waals surface area contributed by atoms with Crippen LogP contribution in [0.15, 0.2) is 42.6 Å². The van der Waals surface area contributed by atoms with Crippen LogP contribution in [0.5, 0.6) is 5.75 Å². The molecule has 1 N–H and O–H groups in total. The van der Waals surface area contributed by atoms with Gasteiger partial charge in [-0.05, 0) is 43.7 Å². The van der Waals surface area contributed by atoms with Gasteiger partial charge in [-0.2, -0.15) is 0 Å². The van der Waals surface area contributed by atoms with Crippen molar-refractivity contribution >= 4 is 5.82 Å². The van der Waals surface area contributed by atoms with E-state index >= 15 is 0 Å². The number of rotatable bonds is 5. The van der Waals surface area contributed by atoms with E-state index in [9.17, 15) is 4.39 Å². The van der Waals surface area contributed by atoms with Crippen molar-refractivity contribution in [3.63, 3.8) is 0 Å². The minimum atomic E-state index is -0.239. The normalized spacial score (nSPS) is 11.9. The van der Waals surface area contributed by atoms with Gasteiger partial charge in [0.15, 0.2) is 11.6 Å². The Hall–Kier alpha value is -2.10. The number of anilines is 1. The maximum Gasteiger partial charge on any atom is 0.169 e. The first-order valence-electron chi connectivity index (χ1n) is 6.30. The molecule has 0 aliphatic heterocycles. The number of benzene rings is 1. The molecule has 1 aromatic heterocycles. The predicted molar refractivity (Wildman–Crippen MR) is 73.8 cm³/mol. The van der Waals surface area contributed by atoms with Gasteiger partial charge in [-0.1, -0.05) is 12.1 Å². The summed E-state index contributed by atoms with van der Waals surface area (Å²) in [5.41, 5.74) is 0.869. The fourth-order valence-electron chi connectivity index (χ4n) is 1.84. The van der Waals surface area contributed by atoms with E-state index in [-0.39, 0.29) is 11.9 Å². The maximum absolute atomic E-state index is 13.2. The van der Waals surface area contributed by atoms with E-state index in [2.05, 4.69) is 10.3 Å². The summed E-state index contributed by atoms with van der Waals surface area (Å²) in [6.07, 6.45) is 1.70. The quantitative estimate of drug-likeness (QED) is 0.888. The van der Waals surface area contributed by atoms with Crippen LogP contribution in [-0.2, 0) is 0 Å². The zero-order valence-electron chi connectivity index (χ0n) is 11.1. The van der Waals surface area contributed by atoms with Crippen molar-refractivity contribution in [2.45, 2.75) is 19.9 Å². The zero-order valence-corrected chi connectivity index (χ0v) is 11.1. The Balaban J connectivity index is 2.16. The minimum absolute atomic E-state index is 0.0511. The molecule has 0 aliphatic carbocycles. The van der Waals surface area contributed by atoms with E-state index in [1.165, 1.54) is 12.1 Å². The fourth-order valence-corrected chi connectivity index (χ4v) is 1.84. The summed E-state index contributed by atoms with van der Waals surface area (Å²) < 4.78 is 18.7. The number of nitrogens with one attached hydrogen (secondary N) is 1. The summed E-state index contributed by atoms with van der Waals surface area (Å²) in [5, 5.41) is 3.24. The van der Waals surface area contributed by atoms with Crippen molar-refractivity contribution in [2.24, 2.45) is 0 Å². The molecule has 1 aromatic carbocycles. The topological polar surface area (TPSA) is 34.1 Å². The second kappa shape index (κ2) is 6.18. The molecule has 0 saturated carbocycles. The molecule has 19 heavy (non-hydrogen) atoms. The van der Waals surface area contributed by atoms with Gasteiger partial charge in [0.05, 0.1) is 12.6 Å². The van der Waals surface area contributed by atoms with Crippen LogP contribution in [0.2, 0.25) is 0 Å². The Bertz CT molecular complexity index is 545. The van der Waals surface area contributed by atoms with Gasteiger partial charge >= 0.3 is 0 Å². The Kier molecular flexibility index (Phi) is 4.34. The van der Waals surface area contributed by atoms with Crippen LogP contribution in [0, 0.1) is 5.82 Å². The van der Waals surface area contributed by atoms with Crippen molar-refractivity contribution in [2.75, 3.05) is 11.9 Å². The summed E-state index contributed by atoms with van der Waals surface area (Å²) in [5.74, 6) is 1.13. The van der Waals surface area contributed by atoms with Gasteiger partial charge in [0, 0.05) is 6.20 Å². The Morgan fingerprint density at radius 3 is 2.89 bits per heavy atom. The molecule has 100 valence electrons. The molecule has 2 rings (SSSR count). The lowest BCUT2D eigenvalue weighted by Gasteiger charge is -2.17. The Labute approximate surface area is 112 Å². The average Bonchev–Trinajstić information content (AvgIpc) is 2.41. The molecule has 1 atom stereocenters. The highest BCUT2D eigenvalue weighted by Crippen LogP contribution is 2.25. The first-order valence-corrected chi connectivity index (χ1v) is 6.30. The molecule has 4 heteroatoms. The molecule has 3 nitrogen and oxygen atoms in total. The number of hydrogen-bond acceptors (Lipinski definition) is 3. The number of aromatic nitrogens is 1. The summed E-state index contributed by atoms with van der Waals surface area (Å²) in [6, 6.07) is 10.2. The number of halogens is 1. The molecule has 0 bridgehead atoms. The third kappa shape index (κ3) is 3.44. The molecule has 1 heterocycles. The van der Waals surface area contributed by atoms with Gasteiger partial charge in [0.1, 0.15) is 5.82 Å². The van der Waals surface area contributed by atoms with Crippen LogP contribution in [0.1, 0.15) is 25.5 Å². The van der Waals surface area contributed by atoms with E-state index in [4.69, 9.17) is 4.74 Å². The number of pyridine rings is 1. The second-order valence-electron chi connectivity index (χ2n) is 4.20. The largest absolute Gasteiger partial charge is 0.490 e. The predicted octanol–water partition coefficient (Wildman–Crippen LogP) is 3.79. The highest BCUT2D eigenvalue weighted by molar-refractivity contribution is 5.51. The van der Waals surface area contributed by atoms with Gasteiger partial charge in [0.2, 0.25) is 0 Å². The Morgan fingerprint density at radius 2 is 2.16 bits per heavy atom. The van der Waals surface area contributed by atoms with Gasteiger partial charge in [-0.15, -0.1) is 0 Å². The average molecular weight is 260 g/mol. The monoisotopic (exact) mass is 260 g/mol. The lowest BCUT2D eigenvalue weighted by Crippen LogP contribution is -2.09. The van der Waals surface area contributed by atoms with Gasteiger partial charge in [-0.25, -0.2) is 9.37 Å². The first-order chi connectivity index (χ1) is 9.20. The smallest absolute Gasteiger partial charge is 0.169 e. The molecule has 0 aliphatic rings. The van der Waals surface area contributed by atoms with Crippen molar-refractivity contribution in [3.05, 3.63) is 54.0 Å². The second-order valence-corrected chi connectivity index (χ2v) is 4.20. The molecule has 0 spiro atoms. The standard InChI is InChI=1S/C15H17FN2O/c1-3-19-14-8-5-9-17-15(14)18-11(2)12-6-4-7-13(16)10-12/h4-11H,3H2,1-2H3,(H,17,18). The molecule has 0 amide bonds. The Morgan fingerprint density at radius 1 is 1.32 bits per heavy atom. The van der Waals surface area contributed by atoms with E-state index in [1.807, 2.05) is 32.0 Å². The van der Waals surface area contributed by atoms with Crippen LogP contribution < -0.4 is 10.1 Å². The van der Waals surface area contributed by atoms with Crippen LogP contribution in [0.3, 0.4) is 0 Å². The molecular formula is C15H17FN2O. The third-order valence-corrected chi connectivity index (χ3v) is 2.77. The van der Waals surface area contributed by atoms with Crippen LogP contribution in [-0.4, -0.2) is 11.6 Å². The lowest BCUT2D eigenvalue weighted by molar-refractivity contribution is 0.340. The maximum atomic E-state index is 13.2. The first kappa shape index (κ1) is 13.3. The van der Waals surface area contributed by atoms with Gasteiger partial charge in [-0.3, -0.25) is 0 Å². The van der Waals surface area contributed by atoms with E-state index < -0.39 is 0 Å². The van der Waals surface area contributed by atoms with Gasteiger partial charge in [0.25, 0.3) is 0 Å². The summed E-state index contributed by atoms with van der Waals surface area (Å²) >= 11 is 0. The van der Waals surface area contributed by atoms with Crippen LogP contribution in [0.4, 0.5) is 10.2 Å². The molecule has 1 unspecified atom stereocenters. The fraction of sp³-hybridized carbons (Fsp3) is 0.267. The van der Waals surface area contributed by atoms with Crippen LogP contribution in [0.25, 0.3) is 0 Å². The number of hydrogen-bond donors (Lipinski definition) is 1. The van der Waals surface area contributed by atoms with Crippen molar-refractivity contribution in [3.8, 4) is 5.75 Å². The van der Waals surface area contributed by atoms with Crippen LogP contribution >= 0.6 is 0 Å². The summed E-state index contributed by atoms with van der Waals surface area (Å²) in [6.45, 7) is 4.46. The highest BCUT2D eigenvalue weighted by atomic mass is 19.1. The van der Waals surface area contributed by atoms with Crippen molar-refractivity contribution < 1.29 is 9.13 Å². The molecule has 0 fully saturated rings. The van der Waals surface area contributed by atoms with Gasteiger partial charge < -0.3 is 10.1 Å². The summed E-state index contributed by atoms with van der Waals surface area (Å²) in [4.78, 5) is 4.26.